The van der Waals surface area contributed by atoms with Crippen LogP contribution in [0, 0.1) is 13.8 Å². The van der Waals surface area contributed by atoms with Crippen LogP contribution >= 0.6 is 11.3 Å². The summed E-state index contributed by atoms with van der Waals surface area (Å²) < 4.78 is 26.8. The molecule has 6 nitrogen and oxygen atoms in total. The SMILES string of the molecule is C=CCN(CC=C)S(=O)(=O)c1ccc(C(=O)Nc2nc(-c3cc(C)ccc3C)cs2)cc1. The van der Waals surface area contributed by atoms with Gasteiger partial charge in [0.2, 0.25) is 10.0 Å². The zero-order valence-corrected chi connectivity index (χ0v) is 19.7. The van der Waals surface area contributed by atoms with E-state index in [1.807, 2.05) is 31.4 Å². The summed E-state index contributed by atoms with van der Waals surface area (Å²) in [5, 5.41) is 5.17. The molecule has 0 spiro atoms. The zero-order valence-electron chi connectivity index (χ0n) is 18.0. The maximum atomic E-state index is 12.8. The average molecular weight is 468 g/mol. The fourth-order valence-corrected chi connectivity index (χ4v) is 5.21. The Morgan fingerprint density at radius 2 is 1.75 bits per heavy atom. The first-order valence-electron chi connectivity index (χ1n) is 9.92. The van der Waals surface area contributed by atoms with E-state index in [-0.39, 0.29) is 23.9 Å². The molecule has 32 heavy (non-hydrogen) atoms. The van der Waals surface area contributed by atoms with Crippen LogP contribution in [0.2, 0.25) is 0 Å². The molecule has 3 rings (SSSR count). The van der Waals surface area contributed by atoms with Crippen molar-refractivity contribution in [3.8, 4) is 11.3 Å². The number of carbonyl (C=O) groups is 1. The van der Waals surface area contributed by atoms with Gasteiger partial charge in [0.25, 0.3) is 5.91 Å². The van der Waals surface area contributed by atoms with Gasteiger partial charge in [0.15, 0.2) is 5.13 Å². The van der Waals surface area contributed by atoms with Gasteiger partial charge in [-0.15, -0.1) is 24.5 Å². The Bertz CT molecular complexity index is 1240. The molecule has 3 aromatic rings. The third-order valence-electron chi connectivity index (χ3n) is 4.81. The van der Waals surface area contributed by atoms with E-state index in [1.54, 1.807) is 0 Å². The topological polar surface area (TPSA) is 79.4 Å². The number of carbonyl (C=O) groups excluding carboxylic acids is 1. The summed E-state index contributed by atoms with van der Waals surface area (Å²) in [4.78, 5) is 17.3. The lowest BCUT2D eigenvalue weighted by atomic mass is 10.0. The highest BCUT2D eigenvalue weighted by atomic mass is 32.2. The number of sulfonamides is 1. The van der Waals surface area contributed by atoms with Crippen LogP contribution < -0.4 is 5.32 Å². The second-order valence-corrected chi connectivity index (χ2v) is 10.0. The quantitative estimate of drug-likeness (QED) is 0.447. The van der Waals surface area contributed by atoms with Crippen molar-refractivity contribution in [3.05, 3.63) is 89.8 Å². The summed E-state index contributed by atoms with van der Waals surface area (Å²) in [5.74, 6) is -0.357. The second-order valence-electron chi connectivity index (χ2n) is 7.23. The molecule has 0 unspecified atom stereocenters. The summed E-state index contributed by atoms with van der Waals surface area (Å²) in [5.41, 5.74) is 4.42. The molecule has 1 heterocycles. The van der Waals surface area contributed by atoms with Crippen molar-refractivity contribution in [2.75, 3.05) is 18.4 Å². The van der Waals surface area contributed by atoms with Crippen molar-refractivity contribution < 1.29 is 13.2 Å². The van der Waals surface area contributed by atoms with E-state index >= 15 is 0 Å². The molecule has 2 aromatic carbocycles. The van der Waals surface area contributed by atoms with Gasteiger partial charge in [0, 0.05) is 29.6 Å². The number of nitrogens with zero attached hydrogens (tertiary/aromatic N) is 2. The number of nitrogens with one attached hydrogen (secondary N) is 1. The third kappa shape index (κ3) is 5.21. The number of hydrogen-bond acceptors (Lipinski definition) is 5. The number of anilines is 1. The van der Waals surface area contributed by atoms with Gasteiger partial charge in [-0.25, -0.2) is 13.4 Å². The normalized spacial score (nSPS) is 11.3. The molecule has 166 valence electrons. The molecule has 0 atom stereocenters. The van der Waals surface area contributed by atoms with E-state index in [9.17, 15) is 13.2 Å². The second kappa shape index (κ2) is 10.0. The molecule has 1 amide bonds. The van der Waals surface area contributed by atoms with Gasteiger partial charge in [0.05, 0.1) is 10.6 Å². The molecule has 1 N–H and O–H groups in total. The summed E-state index contributed by atoms with van der Waals surface area (Å²) in [7, 11) is -3.71. The molecule has 0 aliphatic carbocycles. The highest BCUT2D eigenvalue weighted by Gasteiger charge is 2.22. The molecular weight excluding hydrogens is 442 g/mol. The standard InChI is InChI=1S/C24H25N3O3S2/c1-5-13-27(14-6-2)32(29,30)20-11-9-19(10-12-20)23(28)26-24-25-22(16-31-24)21-15-17(3)7-8-18(21)4/h5-12,15-16H,1-2,13-14H2,3-4H3,(H,25,26,28). The minimum atomic E-state index is -3.71. The van der Waals surface area contributed by atoms with Crippen LogP contribution in [-0.4, -0.2) is 36.7 Å². The molecular formula is C24H25N3O3S2. The highest BCUT2D eigenvalue weighted by Crippen LogP contribution is 2.28. The van der Waals surface area contributed by atoms with Crippen molar-refractivity contribution in [1.29, 1.82) is 0 Å². The largest absolute Gasteiger partial charge is 0.298 e. The molecule has 0 fully saturated rings. The van der Waals surface area contributed by atoms with Gasteiger partial charge >= 0.3 is 0 Å². The number of hydrogen-bond donors (Lipinski definition) is 1. The van der Waals surface area contributed by atoms with Crippen LogP contribution in [0.25, 0.3) is 11.3 Å². The monoisotopic (exact) mass is 467 g/mol. The fraction of sp³-hybridized carbons (Fsp3) is 0.167. The predicted octanol–water partition coefficient (Wildman–Crippen LogP) is 5.04. The summed E-state index contributed by atoms with van der Waals surface area (Å²) >= 11 is 1.34. The Labute approximate surface area is 193 Å². The molecule has 0 aliphatic rings. The van der Waals surface area contributed by atoms with Crippen LogP contribution in [-0.2, 0) is 10.0 Å². The molecule has 8 heteroatoms. The van der Waals surface area contributed by atoms with Crippen molar-refractivity contribution >= 4 is 32.4 Å². The Morgan fingerprint density at radius 3 is 2.38 bits per heavy atom. The Balaban J connectivity index is 1.76. The lowest BCUT2D eigenvalue weighted by molar-refractivity contribution is 0.102. The Morgan fingerprint density at radius 1 is 1.09 bits per heavy atom. The molecule has 1 aromatic heterocycles. The summed E-state index contributed by atoms with van der Waals surface area (Å²) in [6, 6.07) is 12.0. The van der Waals surface area contributed by atoms with E-state index in [0.717, 1.165) is 22.4 Å². The molecule has 0 aliphatic heterocycles. The van der Waals surface area contributed by atoms with Gasteiger partial charge in [-0.1, -0.05) is 29.8 Å². The molecule has 0 bridgehead atoms. The minimum absolute atomic E-state index is 0.101. The number of aromatic nitrogens is 1. The first kappa shape index (κ1) is 23.6. The number of thiazole rings is 1. The highest BCUT2D eigenvalue weighted by molar-refractivity contribution is 7.89. The predicted molar refractivity (Wildman–Crippen MR) is 131 cm³/mol. The van der Waals surface area contributed by atoms with Gasteiger partial charge in [-0.05, 0) is 49.7 Å². The molecule has 0 saturated heterocycles. The van der Waals surface area contributed by atoms with Crippen molar-refractivity contribution in [2.24, 2.45) is 0 Å². The van der Waals surface area contributed by atoms with E-state index in [2.05, 4.69) is 29.5 Å². The average Bonchev–Trinajstić information content (AvgIpc) is 3.23. The number of amides is 1. The first-order valence-corrected chi connectivity index (χ1v) is 12.2. The van der Waals surface area contributed by atoms with Crippen LogP contribution in [0.3, 0.4) is 0 Å². The zero-order chi connectivity index (χ0) is 23.3. The smallest absolute Gasteiger partial charge is 0.257 e. The van der Waals surface area contributed by atoms with Crippen LogP contribution in [0.4, 0.5) is 5.13 Å². The van der Waals surface area contributed by atoms with Crippen molar-refractivity contribution in [2.45, 2.75) is 18.7 Å². The minimum Gasteiger partial charge on any atom is -0.298 e. The van der Waals surface area contributed by atoms with Crippen molar-refractivity contribution in [3.63, 3.8) is 0 Å². The van der Waals surface area contributed by atoms with Crippen LogP contribution in [0.1, 0.15) is 21.5 Å². The van der Waals surface area contributed by atoms with Crippen LogP contribution in [0.5, 0.6) is 0 Å². The van der Waals surface area contributed by atoms with Crippen LogP contribution in [0.15, 0.2) is 78.1 Å². The van der Waals surface area contributed by atoms with E-state index in [1.165, 1.54) is 52.1 Å². The summed E-state index contributed by atoms with van der Waals surface area (Å²) in [6.07, 6.45) is 3.03. The number of benzene rings is 2. The van der Waals surface area contributed by atoms with Gasteiger partial charge in [0.1, 0.15) is 0 Å². The van der Waals surface area contributed by atoms with E-state index in [0.29, 0.717) is 10.7 Å². The van der Waals surface area contributed by atoms with Gasteiger partial charge in [-0.3, -0.25) is 10.1 Å². The molecule has 0 saturated carbocycles. The maximum Gasteiger partial charge on any atom is 0.257 e. The lowest BCUT2D eigenvalue weighted by Crippen LogP contribution is -2.31. The van der Waals surface area contributed by atoms with E-state index < -0.39 is 10.0 Å². The van der Waals surface area contributed by atoms with E-state index in [4.69, 9.17) is 0 Å². The summed E-state index contributed by atoms with van der Waals surface area (Å²) in [6.45, 7) is 11.6. The lowest BCUT2D eigenvalue weighted by Gasteiger charge is -2.19. The Hall–Kier alpha value is -3.07. The van der Waals surface area contributed by atoms with Gasteiger partial charge < -0.3 is 0 Å². The maximum absolute atomic E-state index is 12.8. The number of rotatable bonds is 9. The fourth-order valence-electron chi connectivity index (χ4n) is 3.12. The third-order valence-corrected chi connectivity index (χ3v) is 7.42. The van der Waals surface area contributed by atoms with Gasteiger partial charge in [-0.2, -0.15) is 4.31 Å². The number of aryl methyl sites for hydroxylation is 2. The first-order chi connectivity index (χ1) is 15.3. The Kier molecular flexibility index (Phi) is 7.40. The van der Waals surface area contributed by atoms with Crippen molar-refractivity contribution in [1.82, 2.24) is 9.29 Å². The molecule has 0 radical (unpaired) electrons.